The van der Waals surface area contributed by atoms with Crippen molar-refractivity contribution in [1.29, 1.82) is 5.26 Å². The normalized spacial score (nSPS) is 15.5. The second-order valence-corrected chi connectivity index (χ2v) is 7.04. The molecule has 1 saturated heterocycles. The van der Waals surface area contributed by atoms with Crippen LogP contribution in [0.3, 0.4) is 0 Å². The van der Waals surface area contributed by atoms with Crippen molar-refractivity contribution in [2.24, 2.45) is 0 Å². The van der Waals surface area contributed by atoms with Crippen molar-refractivity contribution >= 4 is 40.3 Å². The van der Waals surface area contributed by atoms with Gasteiger partial charge < -0.3 is 4.74 Å². The fourth-order valence-electron chi connectivity index (χ4n) is 2.27. The summed E-state index contributed by atoms with van der Waals surface area (Å²) in [6.07, 6.45) is 1.82. The molecular weight excluding hydrogens is 352 g/mol. The Kier molecular flexibility index (Phi) is 5.17. The Morgan fingerprint density at radius 2 is 1.96 bits per heavy atom. The van der Waals surface area contributed by atoms with Crippen molar-refractivity contribution in [1.82, 2.24) is 4.90 Å². The second-order valence-electron chi connectivity index (χ2n) is 5.37. The number of thioether (sulfide) groups is 1. The number of hydrogen-bond donors (Lipinski definition) is 0. The first kappa shape index (κ1) is 17.2. The molecule has 0 bridgehead atoms. The van der Waals surface area contributed by atoms with Gasteiger partial charge in [0.2, 0.25) is 0 Å². The van der Waals surface area contributed by atoms with Gasteiger partial charge in [0, 0.05) is 12.6 Å². The van der Waals surface area contributed by atoms with E-state index in [1.54, 1.807) is 13.1 Å². The van der Waals surface area contributed by atoms with Crippen LogP contribution in [0.2, 0.25) is 0 Å². The molecule has 1 fully saturated rings. The number of carbonyl (C=O) groups is 1. The molecule has 1 amide bonds. The summed E-state index contributed by atoms with van der Waals surface area (Å²) < 4.78 is 6.30. The average molecular weight is 366 g/mol. The number of rotatable bonds is 4. The lowest BCUT2D eigenvalue weighted by atomic mass is 10.1. The lowest BCUT2D eigenvalue weighted by Crippen LogP contribution is -2.22. The molecule has 1 heterocycles. The van der Waals surface area contributed by atoms with Crippen molar-refractivity contribution < 1.29 is 9.53 Å². The van der Waals surface area contributed by atoms with E-state index in [1.807, 2.05) is 48.5 Å². The summed E-state index contributed by atoms with van der Waals surface area (Å²) in [7, 11) is 1.68. The highest BCUT2D eigenvalue weighted by Crippen LogP contribution is 2.31. The fraction of sp³-hybridized carbons (Fsp3) is 0.105. The van der Waals surface area contributed by atoms with Crippen molar-refractivity contribution in [3.05, 3.63) is 70.1 Å². The SMILES string of the molecule is CN1C(=O)/C(=C\c2ccc(OCc3ccccc3C#N)cc2)SC1=S. The van der Waals surface area contributed by atoms with Crippen LogP contribution in [0.5, 0.6) is 5.75 Å². The summed E-state index contributed by atoms with van der Waals surface area (Å²) in [5.74, 6) is 0.622. The molecule has 0 saturated carbocycles. The summed E-state index contributed by atoms with van der Waals surface area (Å²) >= 11 is 6.42. The number of hydrogen-bond acceptors (Lipinski definition) is 5. The number of thiocarbonyl (C=S) groups is 1. The second kappa shape index (κ2) is 7.51. The number of ether oxygens (including phenoxy) is 1. The Morgan fingerprint density at radius 1 is 1.24 bits per heavy atom. The van der Waals surface area contributed by atoms with Crippen molar-refractivity contribution in [2.45, 2.75) is 6.61 Å². The minimum absolute atomic E-state index is 0.0802. The van der Waals surface area contributed by atoms with Gasteiger partial charge in [0.05, 0.1) is 16.5 Å². The van der Waals surface area contributed by atoms with Gasteiger partial charge in [0.1, 0.15) is 16.7 Å². The van der Waals surface area contributed by atoms with E-state index in [2.05, 4.69) is 6.07 Å². The van der Waals surface area contributed by atoms with E-state index < -0.39 is 0 Å². The maximum Gasteiger partial charge on any atom is 0.265 e. The van der Waals surface area contributed by atoms with Crippen LogP contribution in [-0.4, -0.2) is 22.2 Å². The Hall–Kier alpha value is -2.62. The number of nitriles is 1. The van der Waals surface area contributed by atoms with Crippen LogP contribution < -0.4 is 4.74 Å². The molecule has 0 atom stereocenters. The Morgan fingerprint density at radius 3 is 2.60 bits per heavy atom. The number of amides is 1. The van der Waals surface area contributed by atoms with Gasteiger partial charge >= 0.3 is 0 Å². The Labute approximate surface area is 155 Å². The van der Waals surface area contributed by atoms with E-state index >= 15 is 0 Å². The molecule has 4 nitrogen and oxygen atoms in total. The first-order chi connectivity index (χ1) is 12.1. The number of nitrogens with zero attached hydrogens (tertiary/aromatic N) is 2. The maximum atomic E-state index is 12.0. The van der Waals surface area contributed by atoms with Crippen LogP contribution in [-0.2, 0) is 11.4 Å². The van der Waals surface area contributed by atoms with Crippen LogP contribution in [0.4, 0.5) is 0 Å². The van der Waals surface area contributed by atoms with E-state index in [-0.39, 0.29) is 5.91 Å². The summed E-state index contributed by atoms with van der Waals surface area (Å²) in [5.41, 5.74) is 2.36. The van der Waals surface area contributed by atoms with E-state index in [1.165, 1.54) is 16.7 Å². The highest BCUT2D eigenvalue weighted by Gasteiger charge is 2.28. The molecule has 2 aromatic rings. The molecule has 124 valence electrons. The lowest BCUT2D eigenvalue weighted by Gasteiger charge is -2.08. The van der Waals surface area contributed by atoms with Gasteiger partial charge in [-0.05, 0) is 29.8 Å². The van der Waals surface area contributed by atoms with Crippen LogP contribution in [0.15, 0.2) is 53.4 Å². The number of benzene rings is 2. The highest BCUT2D eigenvalue weighted by molar-refractivity contribution is 8.26. The summed E-state index contributed by atoms with van der Waals surface area (Å²) in [5, 5.41) is 9.09. The summed E-state index contributed by atoms with van der Waals surface area (Å²) in [4.78, 5) is 14.1. The van der Waals surface area contributed by atoms with Crippen LogP contribution in [0.25, 0.3) is 6.08 Å². The monoisotopic (exact) mass is 366 g/mol. The Balaban J connectivity index is 1.68. The van der Waals surface area contributed by atoms with Gasteiger partial charge in [-0.15, -0.1) is 0 Å². The zero-order valence-electron chi connectivity index (χ0n) is 13.4. The topological polar surface area (TPSA) is 53.3 Å². The number of likely N-dealkylation sites (N-methyl/N-ethyl adjacent to an activating group) is 1. The van der Waals surface area contributed by atoms with Gasteiger partial charge in [0.15, 0.2) is 0 Å². The number of carbonyl (C=O) groups excluding carboxylic acids is 1. The van der Waals surface area contributed by atoms with E-state index in [9.17, 15) is 4.79 Å². The first-order valence-electron chi connectivity index (χ1n) is 7.51. The van der Waals surface area contributed by atoms with Crippen LogP contribution >= 0.6 is 24.0 Å². The van der Waals surface area contributed by atoms with E-state index in [4.69, 9.17) is 22.2 Å². The molecule has 0 aromatic heterocycles. The fourth-order valence-corrected chi connectivity index (χ4v) is 3.45. The van der Waals surface area contributed by atoms with Gasteiger partial charge in [-0.1, -0.05) is 54.3 Å². The predicted octanol–water partition coefficient (Wildman–Crippen LogP) is 3.97. The van der Waals surface area contributed by atoms with Crippen LogP contribution in [0.1, 0.15) is 16.7 Å². The minimum atomic E-state index is -0.0802. The molecule has 6 heteroatoms. The third-order valence-corrected chi connectivity index (χ3v) is 5.18. The molecule has 3 rings (SSSR count). The molecule has 0 unspecified atom stereocenters. The van der Waals surface area contributed by atoms with Crippen molar-refractivity contribution in [3.8, 4) is 11.8 Å². The zero-order chi connectivity index (χ0) is 17.8. The van der Waals surface area contributed by atoms with E-state index in [0.717, 1.165) is 11.1 Å². The van der Waals surface area contributed by atoms with E-state index in [0.29, 0.717) is 27.1 Å². The van der Waals surface area contributed by atoms with Crippen molar-refractivity contribution in [2.75, 3.05) is 7.05 Å². The quantitative estimate of drug-likeness (QED) is 0.605. The predicted molar refractivity (Wildman–Crippen MR) is 103 cm³/mol. The molecule has 2 aromatic carbocycles. The smallest absolute Gasteiger partial charge is 0.265 e. The maximum absolute atomic E-state index is 12.0. The van der Waals surface area contributed by atoms with Crippen molar-refractivity contribution in [3.63, 3.8) is 0 Å². The van der Waals surface area contributed by atoms with Gasteiger partial charge in [0.25, 0.3) is 5.91 Å². The van der Waals surface area contributed by atoms with Gasteiger partial charge in [-0.3, -0.25) is 9.69 Å². The summed E-state index contributed by atoms with van der Waals surface area (Å²) in [6.45, 7) is 0.331. The molecule has 25 heavy (non-hydrogen) atoms. The standard InChI is InChI=1S/C19H14N2O2S2/c1-21-18(22)17(25-19(21)24)10-13-6-8-16(9-7-13)23-12-15-5-3-2-4-14(15)11-20/h2-10H,12H2,1H3/b17-10+. The molecule has 0 radical (unpaired) electrons. The molecule has 0 spiro atoms. The third-order valence-electron chi connectivity index (χ3n) is 3.70. The summed E-state index contributed by atoms with van der Waals surface area (Å²) in [6, 6.07) is 17.0. The van der Waals surface area contributed by atoms with Gasteiger partial charge in [-0.25, -0.2) is 0 Å². The molecule has 1 aliphatic heterocycles. The van der Waals surface area contributed by atoms with Gasteiger partial charge in [-0.2, -0.15) is 5.26 Å². The van der Waals surface area contributed by atoms with Crippen LogP contribution in [0, 0.1) is 11.3 Å². The molecule has 0 N–H and O–H groups in total. The molecule has 0 aliphatic carbocycles. The molecular formula is C19H14N2O2S2. The highest BCUT2D eigenvalue weighted by atomic mass is 32.2. The lowest BCUT2D eigenvalue weighted by molar-refractivity contribution is -0.121. The Bertz CT molecular complexity index is 898. The average Bonchev–Trinajstić information content (AvgIpc) is 2.88. The first-order valence-corrected chi connectivity index (χ1v) is 8.73. The largest absolute Gasteiger partial charge is 0.489 e. The minimum Gasteiger partial charge on any atom is -0.489 e. The molecule has 1 aliphatic rings. The zero-order valence-corrected chi connectivity index (χ0v) is 15.1. The third kappa shape index (κ3) is 3.90.